The van der Waals surface area contributed by atoms with Crippen LogP contribution in [0.2, 0.25) is 0 Å². The Hall–Kier alpha value is -2.41. The first-order chi connectivity index (χ1) is 9.97. The summed E-state index contributed by atoms with van der Waals surface area (Å²) in [7, 11) is 2.86. The van der Waals surface area contributed by atoms with Gasteiger partial charge in [0.1, 0.15) is 12.2 Å². The molecule has 2 unspecified atom stereocenters. The minimum absolute atomic E-state index is 0.279. The average molecular weight is 290 g/mol. The molecule has 0 radical (unpaired) electrons. The Morgan fingerprint density at radius 3 is 2.48 bits per heavy atom. The number of nitrogens with zero attached hydrogens (tertiary/aromatic N) is 3. The molecule has 1 aromatic carbocycles. The molecule has 0 bridgehead atoms. The third-order valence-corrected chi connectivity index (χ3v) is 3.60. The van der Waals surface area contributed by atoms with Crippen LogP contribution in [0.5, 0.6) is 0 Å². The summed E-state index contributed by atoms with van der Waals surface area (Å²) in [6.45, 7) is 0.279. The smallest absolute Gasteiger partial charge is 0.328 e. The molecule has 1 heterocycles. The molecule has 2 rings (SSSR count). The van der Waals surface area contributed by atoms with E-state index in [0.29, 0.717) is 6.41 Å². The van der Waals surface area contributed by atoms with Gasteiger partial charge in [0.15, 0.2) is 0 Å². The second-order valence-electron chi connectivity index (χ2n) is 5.00. The van der Waals surface area contributed by atoms with E-state index >= 15 is 0 Å². The molecule has 112 valence electrons. The lowest BCUT2D eigenvalue weighted by Crippen LogP contribution is -2.69. The van der Waals surface area contributed by atoms with Crippen LogP contribution in [0.15, 0.2) is 30.3 Å². The van der Waals surface area contributed by atoms with Crippen molar-refractivity contribution in [1.82, 2.24) is 14.7 Å². The number of urea groups is 1. The maximum atomic E-state index is 12.3. The van der Waals surface area contributed by atoms with Gasteiger partial charge in [0.05, 0.1) is 0 Å². The summed E-state index contributed by atoms with van der Waals surface area (Å²) in [5, 5.41) is 0. The lowest BCUT2D eigenvalue weighted by Gasteiger charge is -2.43. The first-order valence-corrected chi connectivity index (χ1v) is 6.52. The van der Waals surface area contributed by atoms with Crippen molar-refractivity contribution in [2.45, 2.75) is 18.8 Å². The summed E-state index contributed by atoms with van der Waals surface area (Å²) in [6, 6.07) is 7.99. The van der Waals surface area contributed by atoms with Gasteiger partial charge >= 0.3 is 6.03 Å². The van der Waals surface area contributed by atoms with Crippen LogP contribution >= 0.6 is 0 Å². The van der Waals surface area contributed by atoms with Crippen molar-refractivity contribution in [2.24, 2.45) is 5.73 Å². The van der Waals surface area contributed by atoms with Gasteiger partial charge in [-0.1, -0.05) is 30.3 Å². The van der Waals surface area contributed by atoms with Crippen LogP contribution in [0, 0.1) is 0 Å². The van der Waals surface area contributed by atoms with Gasteiger partial charge in [-0.3, -0.25) is 14.5 Å². The van der Waals surface area contributed by atoms with Gasteiger partial charge in [-0.2, -0.15) is 0 Å². The second-order valence-corrected chi connectivity index (χ2v) is 5.00. The lowest BCUT2D eigenvalue weighted by atomic mass is 10.1. The molecule has 2 N–H and O–H groups in total. The second kappa shape index (κ2) is 5.92. The van der Waals surface area contributed by atoms with E-state index in [-0.39, 0.29) is 6.54 Å². The Morgan fingerprint density at radius 2 is 1.90 bits per heavy atom. The van der Waals surface area contributed by atoms with E-state index in [1.165, 1.54) is 23.9 Å². The molecule has 0 aliphatic carbocycles. The Bertz CT molecular complexity index is 548. The summed E-state index contributed by atoms with van der Waals surface area (Å²) < 4.78 is 0. The number of amides is 4. The van der Waals surface area contributed by atoms with Crippen molar-refractivity contribution in [3.05, 3.63) is 35.9 Å². The number of carbonyl (C=O) groups excluding carboxylic acids is 3. The fourth-order valence-corrected chi connectivity index (χ4v) is 2.36. The van der Waals surface area contributed by atoms with Gasteiger partial charge in [0.2, 0.25) is 6.41 Å². The third-order valence-electron chi connectivity index (χ3n) is 3.60. The van der Waals surface area contributed by atoms with Crippen LogP contribution < -0.4 is 5.73 Å². The fraction of sp³-hybridized carbons (Fsp3) is 0.357. The van der Waals surface area contributed by atoms with Crippen molar-refractivity contribution >= 4 is 18.3 Å². The van der Waals surface area contributed by atoms with Crippen LogP contribution in [0.25, 0.3) is 0 Å². The molecule has 1 aliphatic heterocycles. The van der Waals surface area contributed by atoms with Crippen LogP contribution in [-0.4, -0.2) is 59.4 Å². The summed E-state index contributed by atoms with van der Waals surface area (Å²) >= 11 is 0. The van der Waals surface area contributed by atoms with E-state index in [0.717, 1.165) is 10.5 Å². The molecule has 0 aromatic heterocycles. The standard InChI is InChI=1S/C14H18N4O3/c1-16(9-19)11-12(15)18(14(21)17(2)13(11)20)8-10-6-4-3-5-7-10/h3-7,9,11-12H,8,15H2,1-2H3. The molecule has 1 aromatic rings. The van der Waals surface area contributed by atoms with Gasteiger partial charge in [0, 0.05) is 20.6 Å². The van der Waals surface area contributed by atoms with Crippen molar-refractivity contribution < 1.29 is 14.4 Å². The molecular weight excluding hydrogens is 272 g/mol. The first-order valence-electron chi connectivity index (χ1n) is 6.52. The topological polar surface area (TPSA) is 86.9 Å². The highest BCUT2D eigenvalue weighted by atomic mass is 16.2. The van der Waals surface area contributed by atoms with Gasteiger partial charge in [-0.05, 0) is 5.56 Å². The van der Waals surface area contributed by atoms with E-state index in [1.807, 2.05) is 30.3 Å². The largest absolute Gasteiger partial charge is 0.333 e. The average Bonchev–Trinajstić information content (AvgIpc) is 2.50. The quantitative estimate of drug-likeness (QED) is 0.779. The predicted octanol–water partition coefficient (Wildman–Crippen LogP) is -0.178. The molecule has 7 nitrogen and oxygen atoms in total. The van der Waals surface area contributed by atoms with E-state index in [1.54, 1.807) is 0 Å². The van der Waals surface area contributed by atoms with Gasteiger partial charge < -0.3 is 15.5 Å². The Balaban J connectivity index is 2.29. The number of nitrogens with two attached hydrogens (primary N) is 1. The molecule has 1 saturated heterocycles. The molecule has 2 atom stereocenters. The molecular formula is C14H18N4O3. The van der Waals surface area contributed by atoms with Crippen molar-refractivity contribution in [3.8, 4) is 0 Å². The number of likely N-dealkylation sites (N-methyl/N-ethyl adjacent to an activating group) is 2. The van der Waals surface area contributed by atoms with E-state index < -0.39 is 24.1 Å². The zero-order valence-corrected chi connectivity index (χ0v) is 12.0. The molecule has 21 heavy (non-hydrogen) atoms. The highest BCUT2D eigenvalue weighted by molar-refractivity contribution is 6.00. The monoisotopic (exact) mass is 290 g/mol. The van der Waals surface area contributed by atoms with Crippen LogP contribution in [-0.2, 0) is 16.1 Å². The highest BCUT2D eigenvalue weighted by Gasteiger charge is 2.44. The Kier molecular flexibility index (Phi) is 4.23. The summed E-state index contributed by atoms with van der Waals surface area (Å²) in [4.78, 5) is 38.9. The zero-order chi connectivity index (χ0) is 15.6. The lowest BCUT2D eigenvalue weighted by molar-refractivity contribution is -0.143. The summed E-state index contributed by atoms with van der Waals surface area (Å²) in [5.41, 5.74) is 6.95. The number of hydrogen-bond acceptors (Lipinski definition) is 4. The molecule has 0 spiro atoms. The number of imide groups is 1. The van der Waals surface area contributed by atoms with E-state index in [2.05, 4.69) is 0 Å². The Morgan fingerprint density at radius 1 is 1.29 bits per heavy atom. The Labute approximate surface area is 122 Å². The number of rotatable bonds is 4. The molecule has 1 aliphatic rings. The van der Waals surface area contributed by atoms with Crippen LogP contribution in [0.1, 0.15) is 5.56 Å². The van der Waals surface area contributed by atoms with E-state index in [4.69, 9.17) is 5.73 Å². The van der Waals surface area contributed by atoms with Crippen molar-refractivity contribution in [3.63, 3.8) is 0 Å². The maximum Gasteiger partial charge on any atom is 0.328 e. The number of benzene rings is 1. The van der Waals surface area contributed by atoms with Gasteiger partial charge in [-0.15, -0.1) is 0 Å². The van der Waals surface area contributed by atoms with Gasteiger partial charge in [-0.25, -0.2) is 4.79 Å². The minimum Gasteiger partial charge on any atom is -0.333 e. The number of carbonyl (C=O) groups is 3. The predicted molar refractivity (Wildman–Crippen MR) is 75.7 cm³/mol. The van der Waals surface area contributed by atoms with Crippen LogP contribution in [0.3, 0.4) is 0 Å². The number of hydrogen-bond donors (Lipinski definition) is 1. The third kappa shape index (κ3) is 2.73. The summed E-state index contributed by atoms with van der Waals surface area (Å²) in [6.07, 6.45) is -0.344. The fourth-order valence-electron chi connectivity index (χ4n) is 2.36. The molecule has 7 heteroatoms. The first kappa shape index (κ1) is 15.0. The highest BCUT2D eigenvalue weighted by Crippen LogP contribution is 2.19. The summed E-state index contributed by atoms with van der Waals surface area (Å²) in [5.74, 6) is -0.480. The van der Waals surface area contributed by atoms with Gasteiger partial charge in [0.25, 0.3) is 5.91 Å². The normalized spacial score (nSPS) is 22.4. The van der Waals surface area contributed by atoms with E-state index in [9.17, 15) is 14.4 Å². The molecule has 1 fully saturated rings. The molecule has 4 amide bonds. The molecule has 0 saturated carbocycles. The zero-order valence-electron chi connectivity index (χ0n) is 12.0. The van der Waals surface area contributed by atoms with Crippen molar-refractivity contribution in [2.75, 3.05) is 14.1 Å². The van der Waals surface area contributed by atoms with Crippen LogP contribution in [0.4, 0.5) is 4.79 Å². The SMILES string of the molecule is CN1C(=O)C(N(C)C=O)C(N)N(Cc2ccccc2)C1=O. The minimum atomic E-state index is -0.881. The van der Waals surface area contributed by atoms with Crippen molar-refractivity contribution in [1.29, 1.82) is 0 Å². The maximum absolute atomic E-state index is 12.3.